The zero-order valence-electron chi connectivity index (χ0n) is 67.4. The Morgan fingerprint density at radius 3 is 0.928 bits per heavy atom. The molecule has 0 fully saturated rings. The van der Waals surface area contributed by atoms with Crippen molar-refractivity contribution in [3.05, 3.63) is 437 Å². The first-order valence-corrected chi connectivity index (χ1v) is 47.2. The van der Waals surface area contributed by atoms with Crippen LogP contribution in [0, 0.1) is 0 Å². The molecular weight excluding hydrogens is 1600 g/mol. The molecule has 0 aliphatic rings. The fraction of sp³-hybridized carbons (Fsp3) is 0. The van der Waals surface area contributed by atoms with Gasteiger partial charge in [-0.3, -0.25) is 15.0 Å². The van der Waals surface area contributed by atoms with Gasteiger partial charge in [-0.2, -0.15) is 0 Å². The Morgan fingerprint density at radius 1 is 0.216 bits per heavy atom. The van der Waals surface area contributed by atoms with Crippen LogP contribution in [0.2, 0.25) is 0 Å². The minimum atomic E-state index is -3.06. The van der Waals surface area contributed by atoms with Gasteiger partial charge in [-0.15, -0.1) is 11.3 Å². The van der Waals surface area contributed by atoms with Gasteiger partial charge in [0, 0.05) is 158 Å². The summed E-state index contributed by atoms with van der Waals surface area (Å²) in [5.74, 6) is 0. The van der Waals surface area contributed by atoms with Crippen LogP contribution < -0.4 is 31.8 Å². The minimum Gasteiger partial charge on any atom is -0.309 e. The van der Waals surface area contributed by atoms with Crippen molar-refractivity contribution in [2.24, 2.45) is 0 Å². The minimum absolute atomic E-state index is 0.800. The molecule has 0 radical (unpaired) electrons. The number of thiophene rings is 1. The van der Waals surface area contributed by atoms with E-state index in [-0.39, 0.29) is 0 Å². The van der Waals surface area contributed by atoms with Gasteiger partial charge in [-0.25, -0.2) is 15.0 Å². The molecule has 586 valence electrons. The van der Waals surface area contributed by atoms with Gasteiger partial charge in [0.15, 0.2) is 7.14 Å². The van der Waals surface area contributed by atoms with Crippen molar-refractivity contribution in [2.45, 2.75) is 0 Å². The topological polar surface area (TPSA) is 94.4 Å². The standard InChI is InChI=1S/C38H25N2OP.C38H25N2PS.C38H22N2S/c41-42(29-11-3-1-4-12-29,30-13-5-2-6-14-30)31-22-19-28(20-23-31)37-33-24-21-26-17-18-27-10-9-25-39-38(27)35(26)36(33)32-15-7-8-16-34(32)40-37;42-41(29-11-3-1-4-12-29,30-13-5-2-6-14-30)31-22-19-28(20-23-31)37-33-24-21-26-17-18-27-10-9-25-39-38(27)35(26)36(33)32-15-7-8-16-34(32)40-37;1-3-11-31-28(8-1)36-30(21-20-24-16-19-25-7-6-22-39-38(25)34(24)36)37(40-31)26-17-14-23(15-18-26)27-10-5-13-33-35(27)29-9-2-4-12-32(29)41-33/h2*1-25H;1-22H. The highest BCUT2D eigenvalue weighted by molar-refractivity contribution is 8.25. The third kappa shape index (κ3) is 12.8. The van der Waals surface area contributed by atoms with E-state index in [1.54, 1.807) is 0 Å². The van der Waals surface area contributed by atoms with Crippen molar-refractivity contribution < 1.29 is 4.57 Å². The van der Waals surface area contributed by atoms with Crippen molar-refractivity contribution in [2.75, 3.05) is 0 Å². The highest BCUT2D eigenvalue weighted by Gasteiger charge is 2.31. The van der Waals surface area contributed by atoms with E-state index in [1.165, 1.54) is 79.5 Å². The van der Waals surface area contributed by atoms with Crippen molar-refractivity contribution in [3.8, 4) is 44.9 Å². The number of pyridine rings is 6. The summed E-state index contributed by atoms with van der Waals surface area (Å²) >= 11 is 8.45. The molecule has 0 N–H and O–H groups in total. The second-order valence-electron chi connectivity index (χ2n) is 31.6. The fourth-order valence-electron chi connectivity index (χ4n) is 18.8. The summed E-state index contributed by atoms with van der Waals surface area (Å²) in [5.41, 5.74) is 14.5. The largest absolute Gasteiger partial charge is 0.309 e. The van der Waals surface area contributed by atoms with Crippen LogP contribution in [0.1, 0.15) is 0 Å². The lowest BCUT2D eigenvalue weighted by molar-refractivity contribution is 0.592. The van der Waals surface area contributed by atoms with Crippen LogP contribution in [0.15, 0.2) is 437 Å². The van der Waals surface area contributed by atoms with Crippen LogP contribution in [-0.2, 0) is 16.4 Å². The summed E-state index contributed by atoms with van der Waals surface area (Å²) in [6.45, 7) is 0. The molecule has 0 saturated heterocycles. The van der Waals surface area contributed by atoms with E-state index in [1.807, 2.05) is 127 Å². The Labute approximate surface area is 729 Å². The second-order valence-corrected chi connectivity index (χ2v) is 39.9. The highest BCUT2D eigenvalue weighted by atomic mass is 32.4. The number of para-hydroxylation sites is 3. The predicted octanol–water partition coefficient (Wildman–Crippen LogP) is 27.7. The molecule has 0 atom stereocenters. The first-order chi connectivity index (χ1) is 61.8. The smallest absolute Gasteiger partial charge is 0.171 e. The summed E-state index contributed by atoms with van der Waals surface area (Å²) in [5, 5.41) is 29.4. The maximum atomic E-state index is 14.9. The lowest BCUT2D eigenvalue weighted by Gasteiger charge is -2.24. The Balaban J connectivity index is 0.000000108. The summed E-state index contributed by atoms with van der Waals surface area (Å²) in [7, 11) is -3.06. The molecule has 0 spiro atoms. The third-order valence-electron chi connectivity index (χ3n) is 24.6. The van der Waals surface area contributed by atoms with Gasteiger partial charge in [0.25, 0.3) is 0 Å². The first-order valence-electron chi connectivity index (χ1n) is 41.9. The molecule has 0 bridgehead atoms. The molecule has 0 amide bonds. The molecule has 25 rings (SSSR count). The Kier molecular flexibility index (Phi) is 18.7. The summed E-state index contributed by atoms with van der Waals surface area (Å²) in [6, 6.07) is 144. The normalized spacial score (nSPS) is 11.9. The average molecular weight is 1670 g/mol. The van der Waals surface area contributed by atoms with E-state index >= 15 is 0 Å². The zero-order chi connectivity index (χ0) is 83.1. The molecule has 18 aromatic carbocycles. The van der Waals surface area contributed by atoms with E-state index in [4.69, 9.17) is 41.7 Å². The van der Waals surface area contributed by atoms with Gasteiger partial charge in [-0.1, -0.05) is 382 Å². The number of hydrogen-bond acceptors (Lipinski definition) is 9. The van der Waals surface area contributed by atoms with E-state index in [0.717, 1.165) is 147 Å². The second kappa shape index (κ2) is 31.2. The molecule has 0 aliphatic heterocycles. The van der Waals surface area contributed by atoms with Gasteiger partial charge in [-0.05, 0) is 91.7 Å². The molecular formula is C114H72N6OP2S2. The molecule has 7 aromatic heterocycles. The molecule has 0 unspecified atom stereocenters. The quantitative estimate of drug-likeness (QED) is 0.0987. The number of benzene rings is 18. The SMILES string of the molecule is O=P(c1ccccc1)(c1ccccc1)c1ccc(-c2nc3ccccc3c3c2ccc2ccc4cccnc4c23)cc1.S=P(c1ccccc1)(c1ccccc1)c1ccc(-c2nc3ccccc3c3c2ccc2ccc4cccnc4c23)cc1.c1cnc2c(c1)ccc1ccc3c(-c4ccc(-c5cccc6sc7ccccc7c56)cc4)nc4ccccc4c3c12. The Hall–Kier alpha value is -14.9. The van der Waals surface area contributed by atoms with Crippen LogP contribution >= 0.6 is 24.5 Å². The maximum absolute atomic E-state index is 14.9. The van der Waals surface area contributed by atoms with E-state index in [2.05, 4.69) is 322 Å². The van der Waals surface area contributed by atoms with Gasteiger partial charge < -0.3 is 4.57 Å². The molecule has 0 aliphatic carbocycles. The third-order valence-corrected chi connectivity index (χ3v) is 33.8. The molecule has 7 nitrogen and oxygen atoms in total. The van der Waals surface area contributed by atoms with Gasteiger partial charge >= 0.3 is 0 Å². The van der Waals surface area contributed by atoms with Crippen molar-refractivity contribution >= 4 is 218 Å². The van der Waals surface area contributed by atoms with E-state index in [9.17, 15) is 4.57 Å². The molecule has 7 heterocycles. The Morgan fingerprint density at radius 2 is 0.520 bits per heavy atom. The fourth-order valence-corrected chi connectivity index (χ4v) is 26.3. The van der Waals surface area contributed by atoms with Gasteiger partial charge in [0.1, 0.15) is 0 Å². The van der Waals surface area contributed by atoms with Gasteiger partial charge in [0.2, 0.25) is 0 Å². The molecule has 125 heavy (non-hydrogen) atoms. The highest BCUT2D eigenvalue weighted by Crippen LogP contribution is 2.49. The van der Waals surface area contributed by atoms with Crippen molar-refractivity contribution in [1.29, 1.82) is 0 Å². The number of aromatic nitrogens is 6. The molecule has 0 saturated carbocycles. The first kappa shape index (κ1) is 75.1. The van der Waals surface area contributed by atoms with Crippen LogP contribution in [0.25, 0.3) is 195 Å². The Bertz CT molecular complexity index is 8300. The maximum Gasteiger partial charge on any atom is 0.171 e. The summed E-state index contributed by atoms with van der Waals surface area (Å²) < 4.78 is 17.5. The number of fused-ring (bicyclic) bond motifs is 24. The van der Waals surface area contributed by atoms with Crippen LogP contribution in [0.4, 0.5) is 0 Å². The van der Waals surface area contributed by atoms with Crippen LogP contribution in [0.5, 0.6) is 0 Å². The molecule has 11 heteroatoms. The number of hydrogen-bond donors (Lipinski definition) is 0. The van der Waals surface area contributed by atoms with Crippen LogP contribution in [-0.4, -0.2) is 29.9 Å². The zero-order valence-corrected chi connectivity index (χ0v) is 70.8. The summed E-state index contributed by atoms with van der Waals surface area (Å²) in [6.07, 6.45) is 5.63. The average Bonchev–Trinajstić information content (AvgIpc) is 1.54. The van der Waals surface area contributed by atoms with E-state index < -0.39 is 13.2 Å². The van der Waals surface area contributed by atoms with E-state index in [0.29, 0.717) is 0 Å². The van der Waals surface area contributed by atoms with Crippen molar-refractivity contribution in [1.82, 2.24) is 29.9 Å². The summed E-state index contributed by atoms with van der Waals surface area (Å²) in [4.78, 5) is 30.1. The lowest BCUT2D eigenvalue weighted by Crippen LogP contribution is -2.24. The molecule has 25 aromatic rings. The monoisotopic (exact) mass is 1670 g/mol. The lowest BCUT2D eigenvalue weighted by atomic mass is 9.93. The predicted molar refractivity (Wildman–Crippen MR) is 536 cm³/mol. The number of rotatable bonds is 10. The van der Waals surface area contributed by atoms with Crippen molar-refractivity contribution in [3.63, 3.8) is 0 Å². The number of nitrogens with zero attached hydrogens (tertiary/aromatic N) is 6. The van der Waals surface area contributed by atoms with Gasteiger partial charge in [0.05, 0.1) is 50.2 Å². The van der Waals surface area contributed by atoms with Crippen LogP contribution in [0.3, 0.4) is 0 Å².